The zero-order valence-electron chi connectivity index (χ0n) is 14.1. The van der Waals surface area contributed by atoms with Crippen molar-refractivity contribution in [1.29, 1.82) is 0 Å². The molecule has 0 aliphatic heterocycles. The highest BCUT2D eigenvalue weighted by Crippen LogP contribution is 2.38. The summed E-state index contributed by atoms with van der Waals surface area (Å²) in [5, 5.41) is 0. The lowest BCUT2D eigenvalue weighted by Crippen LogP contribution is -2.49. The van der Waals surface area contributed by atoms with E-state index >= 15 is 0 Å². The van der Waals surface area contributed by atoms with Gasteiger partial charge in [-0.3, -0.25) is 0 Å². The van der Waals surface area contributed by atoms with Gasteiger partial charge in [0.15, 0.2) is 0 Å². The van der Waals surface area contributed by atoms with E-state index in [9.17, 15) is 0 Å². The van der Waals surface area contributed by atoms with E-state index in [4.69, 9.17) is 5.73 Å². The van der Waals surface area contributed by atoms with E-state index in [-0.39, 0.29) is 0 Å². The summed E-state index contributed by atoms with van der Waals surface area (Å²) >= 11 is 0. The van der Waals surface area contributed by atoms with Crippen molar-refractivity contribution in [2.45, 2.75) is 58.0 Å². The van der Waals surface area contributed by atoms with Gasteiger partial charge in [-0.25, -0.2) is 0 Å². The Bertz CT molecular complexity index is 415. The highest BCUT2D eigenvalue weighted by molar-refractivity contribution is 5.20. The minimum absolute atomic E-state index is 0.610. The predicted octanol–water partition coefficient (Wildman–Crippen LogP) is 3.87. The molecule has 1 saturated carbocycles. The molecule has 2 heteroatoms. The maximum Gasteiger partial charge on any atom is 0.0141 e. The average molecular weight is 288 g/mol. The lowest BCUT2D eigenvalue weighted by Gasteiger charge is -2.44. The summed E-state index contributed by atoms with van der Waals surface area (Å²) < 4.78 is 0. The quantitative estimate of drug-likeness (QED) is 0.891. The van der Waals surface area contributed by atoms with Gasteiger partial charge in [0.05, 0.1) is 0 Å². The van der Waals surface area contributed by atoms with Crippen molar-refractivity contribution in [3.63, 3.8) is 0 Å². The minimum Gasteiger partial charge on any atom is -0.330 e. The number of rotatable bonds is 5. The third-order valence-corrected chi connectivity index (χ3v) is 5.66. The van der Waals surface area contributed by atoms with E-state index in [1.165, 1.54) is 24.8 Å². The standard InChI is InChI=1S/C19H32N2/c1-14(2)15(3)21(4)19-12-17(10-11-18(19)13-20)16-8-6-5-7-9-16/h5-9,14-15,17-19H,10-13,20H2,1-4H3. The zero-order valence-corrected chi connectivity index (χ0v) is 14.1. The van der Waals surface area contributed by atoms with Crippen molar-refractivity contribution >= 4 is 0 Å². The third-order valence-electron chi connectivity index (χ3n) is 5.66. The van der Waals surface area contributed by atoms with Crippen LogP contribution in [0.25, 0.3) is 0 Å². The van der Waals surface area contributed by atoms with Crippen LogP contribution in [-0.2, 0) is 0 Å². The molecule has 0 radical (unpaired) electrons. The van der Waals surface area contributed by atoms with E-state index in [0.29, 0.717) is 29.8 Å². The van der Waals surface area contributed by atoms with Crippen LogP contribution in [-0.4, -0.2) is 30.6 Å². The molecule has 2 nitrogen and oxygen atoms in total. The summed E-state index contributed by atoms with van der Waals surface area (Å²) in [6.07, 6.45) is 3.79. The van der Waals surface area contributed by atoms with Crippen LogP contribution in [0.4, 0.5) is 0 Å². The van der Waals surface area contributed by atoms with Crippen LogP contribution in [0, 0.1) is 11.8 Å². The molecular weight excluding hydrogens is 256 g/mol. The van der Waals surface area contributed by atoms with Gasteiger partial charge in [-0.05, 0) is 63.1 Å². The van der Waals surface area contributed by atoms with Crippen LogP contribution >= 0.6 is 0 Å². The smallest absolute Gasteiger partial charge is 0.0141 e. The maximum absolute atomic E-state index is 6.07. The topological polar surface area (TPSA) is 29.3 Å². The van der Waals surface area contributed by atoms with E-state index in [0.717, 1.165) is 6.54 Å². The summed E-state index contributed by atoms with van der Waals surface area (Å²) in [5.41, 5.74) is 7.57. The van der Waals surface area contributed by atoms with Crippen LogP contribution in [0.2, 0.25) is 0 Å². The normalized spacial score (nSPS) is 28.0. The highest BCUT2D eigenvalue weighted by atomic mass is 15.2. The van der Waals surface area contributed by atoms with Gasteiger partial charge < -0.3 is 10.6 Å². The second-order valence-corrected chi connectivity index (χ2v) is 7.13. The van der Waals surface area contributed by atoms with Crippen molar-refractivity contribution in [2.75, 3.05) is 13.6 Å². The largest absolute Gasteiger partial charge is 0.330 e. The monoisotopic (exact) mass is 288 g/mol. The maximum atomic E-state index is 6.07. The number of hydrogen-bond donors (Lipinski definition) is 1. The molecular formula is C19H32N2. The fraction of sp³-hybridized carbons (Fsp3) is 0.684. The SMILES string of the molecule is CC(C)C(C)N(C)C1CC(c2ccccc2)CCC1CN. The molecule has 1 aliphatic rings. The Labute approximate surface area is 130 Å². The van der Waals surface area contributed by atoms with E-state index in [2.05, 4.69) is 63.1 Å². The van der Waals surface area contributed by atoms with E-state index < -0.39 is 0 Å². The second-order valence-electron chi connectivity index (χ2n) is 7.13. The molecule has 2 rings (SSSR count). The van der Waals surface area contributed by atoms with Gasteiger partial charge in [-0.15, -0.1) is 0 Å². The number of nitrogens with two attached hydrogens (primary N) is 1. The lowest BCUT2D eigenvalue weighted by atomic mass is 9.74. The Kier molecular flexibility index (Phi) is 5.83. The summed E-state index contributed by atoms with van der Waals surface area (Å²) in [4.78, 5) is 2.59. The minimum atomic E-state index is 0.610. The molecule has 1 fully saturated rings. The van der Waals surface area contributed by atoms with Gasteiger partial charge in [-0.2, -0.15) is 0 Å². The molecule has 1 aliphatic carbocycles. The first kappa shape index (κ1) is 16.5. The van der Waals surface area contributed by atoms with Crippen molar-refractivity contribution in [3.05, 3.63) is 35.9 Å². The molecule has 2 N–H and O–H groups in total. The molecule has 0 bridgehead atoms. The summed E-state index contributed by atoms with van der Waals surface area (Å²) in [7, 11) is 2.30. The fourth-order valence-electron chi connectivity index (χ4n) is 3.78. The van der Waals surface area contributed by atoms with Crippen LogP contribution in [0.5, 0.6) is 0 Å². The Morgan fingerprint density at radius 3 is 2.38 bits per heavy atom. The Morgan fingerprint density at radius 1 is 1.14 bits per heavy atom. The summed E-state index contributed by atoms with van der Waals surface area (Å²) in [5.74, 6) is 2.03. The number of hydrogen-bond acceptors (Lipinski definition) is 2. The van der Waals surface area contributed by atoms with Crippen LogP contribution in [0.3, 0.4) is 0 Å². The van der Waals surface area contributed by atoms with Crippen molar-refractivity contribution in [3.8, 4) is 0 Å². The van der Waals surface area contributed by atoms with Gasteiger partial charge in [0.25, 0.3) is 0 Å². The molecule has 0 aromatic heterocycles. The molecule has 0 heterocycles. The van der Waals surface area contributed by atoms with Gasteiger partial charge in [0.2, 0.25) is 0 Å². The van der Waals surface area contributed by atoms with Gasteiger partial charge >= 0.3 is 0 Å². The molecule has 0 saturated heterocycles. The number of nitrogens with zero attached hydrogens (tertiary/aromatic N) is 1. The first-order valence-corrected chi connectivity index (χ1v) is 8.51. The number of benzene rings is 1. The van der Waals surface area contributed by atoms with Crippen LogP contribution in [0.1, 0.15) is 51.5 Å². The molecule has 0 amide bonds. The van der Waals surface area contributed by atoms with Crippen molar-refractivity contribution in [1.82, 2.24) is 4.90 Å². The molecule has 4 atom stereocenters. The van der Waals surface area contributed by atoms with Crippen LogP contribution in [0.15, 0.2) is 30.3 Å². The predicted molar refractivity (Wildman–Crippen MR) is 91.4 cm³/mol. The third kappa shape index (κ3) is 3.87. The Hall–Kier alpha value is -0.860. The second kappa shape index (κ2) is 7.42. The summed E-state index contributed by atoms with van der Waals surface area (Å²) in [6, 6.07) is 12.2. The van der Waals surface area contributed by atoms with Crippen molar-refractivity contribution < 1.29 is 0 Å². The first-order chi connectivity index (χ1) is 10.0. The molecule has 1 aromatic rings. The van der Waals surface area contributed by atoms with Gasteiger partial charge in [0.1, 0.15) is 0 Å². The average Bonchev–Trinajstić information content (AvgIpc) is 2.53. The highest BCUT2D eigenvalue weighted by Gasteiger charge is 2.34. The van der Waals surface area contributed by atoms with E-state index in [1.807, 2.05) is 0 Å². The molecule has 21 heavy (non-hydrogen) atoms. The molecule has 1 aromatic carbocycles. The lowest BCUT2D eigenvalue weighted by molar-refractivity contribution is 0.0718. The first-order valence-electron chi connectivity index (χ1n) is 8.51. The fourth-order valence-corrected chi connectivity index (χ4v) is 3.78. The van der Waals surface area contributed by atoms with E-state index in [1.54, 1.807) is 0 Å². The van der Waals surface area contributed by atoms with Crippen molar-refractivity contribution in [2.24, 2.45) is 17.6 Å². The van der Waals surface area contributed by atoms with Gasteiger partial charge in [-0.1, -0.05) is 44.2 Å². The Balaban J connectivity index is 2.12. The van der Waals surface area contributed by atoms with Crippen LogP contribution < -0.4 is 5.73 Å². The molecule has 0 spiro atoms. The molecule has 118 valence electrons. The summed E-state index contributed by atoms with van der Waals surface area (Å²) in [6.45, 7) is 7.80. The zero-order chi connectivity index (χ0) is 15.4. The molecule has 4 unspecified atom stereocenters. The van der Waals surface area contributed by atoms with Gasteiger partial charge in [0, 0.05) is 12.1 Å². The Morgan fingerprint density at radius 2 is 1.81 bits per heavy atom.